The van der Waals surface area contributed by atoms with Crippen LogP contribution in [0.5, 0.6) is 5.75 Å². The first-order valence-electron chi connectivity index (χ1n) is 5.23. The number of hydrogen-bond acceptors (Lipinski definition) is 6. The second kappa shape index (κ2) is 4.73. The predicted octanol–water partition coefficient (Wildman–Crippen LogP) is 0.606. The minimum Gasteiger partial charge on any atom is -0.379 e. The number of aryl methyl sites for hydroxylation is 1. The third-order valence-corrected chi connectivity index (χ3v) is 3.32. The summed E-state index contributed by atoms with van der Waals surface area (Å²) in [6, 6.07) is 0. The highest BCUT2D eigenvalue weighted by molar-refractivity contribution is 7.87. The molecule has 0 radical (unpaired) electrons. The van der Waals surface area contributed by atoms with Crippen LogP contribution >= 0.6 is 0 Å². The number of hydrogen-bond donors (Lipinski definition) is 0. The molecule has 0 aliphatic carbocycles. The molecule has 0 N–H and O–H groups in total. The van der Waals surface area contributed by atoms with Gasteiger partial charge in [0.1, 0.15) is 0 Å². The summed E-state index contributed by atoms with van der Waals surface area (Å²) in [5.74, 6) is 0.464. The molecule has 0 aliphatic rings. The monoisotopic (exact) mass is 268 g/mol. The van der Waals surface area contributed by atoms with Crippen LogP contribution in [0.4, 0.5) is 0 Å². The number of nitrogens with zero attached hydrogens (tertiary/aromatic N) is 4. The summed E-state index contributed by atoms with van der Waals surface area (Å²) in [5, 5.41) is 4.00. The van der Waals surface area contributed by atoms with Gasteiger partial charge in [0.15, 0.2) is 11.6 Å². The van der Waals surface area contributed by atoms with Crippen molar-refractivity contribution in [2.75, 3.05) is 5.75 Å². The highest BCUT2D eigenvalue weighted by Crippen LogP contribution is 2.16. The smallest absolute Gasteiger partial charge is 0.309 e. The van der Waals surface area contributed by atoms with Crippen LogP contribution in [0.15, 0.2) is 24.8 Å². The first-order chi connectivity index (χ1) is 8.50. The summed E-state index contributed by atoms with van der Waals surface area (Å²) < 4.78 is 28.9. The van der Waals surface area contributed by atoms with Crippen molar-refractivity contribution in [1.29, 1.82) is 0 Å². The molecule has 0 amide bonds. The zero-order valence-electron chi connectivity index (χ0n) is 9.94. The Bertz CT molecular complexity index is 633. The topological polar surface area (TPSA) is 87.0 Å². The lowest BCUT2D eigenvalue weighted by Crippen LogP contribution is -2.11. The van der Waals surface area contributed by atoms with E-state index in [0.717, 1.165) is 5.56 Å². The van der Waals surface area contributed by atoms with Crippen LogP contribution in [0.3, 0.4) is 0 Å². The Labute approximate surface area is 105 Å². The molecular weight excluding hydrogens is 256 g/mol. The van der Waals surface area contributed by atoms with Crippen molar-refractivity contribution in [2.24, 2.45) is 7.05 Å². The molecule has 2 aromatic heterocycles. The zero-order valence-corrected chi connectivity index (χ0v) is 10.8. The second-order valence-corrected chi connectivity index (χ2v) is 5.43. The maximum atomic E-state index is 11.2. The molecule has 0 atom stereocenters. The third kappa shape index (κ3) is 2.83. The summed E-state index contributed by atoms with van der Waals surface area (Å²) in [6.45, 7) is 1.50. The van der Waals surface area contributed by atoms with Crippen molar-refractivity contribution < 1.29 is 12.6 Å². The molecule has 0 spiro atoms. The Morgan fingerprint density at radius 2 is 1.94 bits per heavy atom. The van der Waals surface area contributed by atoms with Crippen LogP contribution in [-0.4, -0.2) is 33.9 Å². The van der Waals surface area contributed by atoms with Gasteiger partial charge in [-0.15, -0.1) is 0 Å². The van der Waals surface area contributed by atoms with E-state index in [2.05, 4.69) is 15.1 Å². The van der Waals surface area contributed by atoms with Crippen LogP contribution < -0.4 is 4.18 Å². The van der Waals surface area contributed by atoms with E-state index < -0.39 is 10.1 Å². The van der Waals surface area contributed by atoms with Crippen molar-refractivity contribution in [3.8, 4) is 17.1 Å². The van der Waals surface area contributed by atoms with E-state index in [0.29, 0.717) is 5.82 Å². The van der Waals surface area contributed by atoms with Crippen LogP contribution in [0, 0.1) is 0 Å². The highest BCUT2D eigenvalue weighted by Gasteiger charge is 2.10. The lowest BCUT2D eigenvalue weighted by atomic mass is 10.3. The van der Waals surface area contributed by atoms with E-state index in [-0.39, 0.29) is 11.5 Å². The van der Waals surface area contributed by atoms with Crippen molar-refractivity contribution in [2.45, 2.75) is 6.92 Å². The predicted molar refractivity (Wildman–Crippen MR) is 64.3 cm³/mol. The van der Waals surface area contributed by atoms with E-state index in [1.807, 2.05) is 0 Å². The van der Waals surface area contributed by atoms with Gasteiger partial charge in [-0.1, -0.05) is 0 Å². The van der Waals surface area contributed by atoms with Crippen LogP contribution in [0.2, 0.25) is 0 Å². The molecule has 0 bridgehead atoms. The standard InChI is InChI=1S/C10H12N4O3S/c1-3-18(15,16)17-9-5-11-10(12-6-9)8-4-13-14(2)7-8/h4-7H,3H2,1-2H3. The largest absolute Gasteiger partial charge is 0.379 e. The lowest BCUT2D eigenvalue weighted by Gasteiger charge is -2.03. The molecule has 0 saturated heterocycles. The van der Waals surface area contributed by atoms with E-state index in [1.165, 1.54) is 19.3 Å². The molecule has 0 saturated carbocycles. The van der Waals surface area contributed by atoms with E-state index in [9.17, 15) is 8.42 Å². The van der Waals surface area contributed by atoms with Crippen molar-refractivity contribution in [3.05, 3.63) is 24.8 Å². The van der Waals surface area contributed by atoms with Gasteiger partial charge in [-0.25, -0.2) is 9.97 Å². The Balaban J connectivity index is 2.20. The van der Waals surface area contributed by atoms with Gasteiger partial charge in [0, 0.05) is 13.2 Å². The minimum absolute atomic E-state index is 0.0998. The van der Waals surface area contributed by atoms with Crippen LogP contribution in [0.25, 0.3) is 11.4 Å². The Kier molecular flexibility index (Phi) is 3.28. The first kappa shape index (κ1) is 12.5. The molecule has 2 rings (SSSR count). The van der Waals surface area contributed by atoms with Crippen LogP contribution in [-0.2, 0) is 17.2 Å². The summed E-state index contributed by atoms with van der Waals surface area (Å²) >= 11 is 0. The van der Waals surface area contributed by atoms with Crippen molar-refractivity contribution >= 4 is 10.1 Å². The molecule has 0 fully saturated rings. The van der Waals surface area contributed by atoms with Gasteiger partial charge >= 0.3 is 10.1 Å². The quantitative estimate of drug-likeness (QED) is 0.755. The summed E-state index contributed by atoms with van der Waals surface area (Å²) in [4.78, 5) is 8.05. The zero-order chi connectivity index (χ0) is 13.2. The maximum Gasteiger partial charge on any atom is 0.309 e. The van der Waals surface area contributed by atoms with Gasteiger partial charge in [0.05, 0.1) is 29.9 Å². The SMILES string of the molecule is CCS(=O)(=O)Oc1cnc(-c2cnn(C)c2)nc1. The average molecular weight is 268 g/mol. The van der Waals surface area contributed by atoms with E-state index in [4.69, 9.17) is 4.18 Å². The fourth-order valence-corrected chi connectivity index (χ4v) is 1.75. The summed E-state index contributed by atoms with van der Waals surface area (Å²) in [7, 11) is -1.76. The average Bonchev–Trinajstić information content (AvgIpc) is 2.76. The van der Waals surface area contributed by atoms with Gasteiger partial charge in [0.2, 0.25) is 0 Å². The Hall–Kier alpha value is -1.96. The molecule has 7 nitrogen and oxygen atoms in total. The lowest BCUT2D eigenvalue weighted by molar-refractivity contribution is 0.485. The van der Waals surface area contributed by atoms with E-state index >= 15 is 0 Å². The Morgan fingerprint density at radius 3 is 2.44 bits per heavy atom. The van der Waals surface area contributed by atoms with Crippen molar-refractivity contribution in [1.82, 2.24) is 19.7 Å². The molecule has 2 heterocycles. The molecule has 2 aromatic rings. The molecule has 0 aromatic carbocycles. The van der Waals surface area contributed by atoms with Gasteiger partial charge in [-0.2, -0.15) is 13.5 Å². The first-order valence-corrected chi connectivity index (χ1v) is 6.81. The maximum absolute atomic E-state index is 11.2. The second-order valence-electron chi connectivity index (χ2n) is 3.57. The molecule has 18 heavy (non-hydrogen) atoms. The van der Waals surface area contributed by atoms with Gasteiger partial charge in [-0.3, -0.25) is 4.68 Å². The highest BCUT2D eigenvalue weighted by atomic mass is 32.2. The minimum atomic E-state index is -3.54. The molecule has 0 aliphatic heterocycles. The normalized spacial score (nSPS) is 11.4. The Morgan fingerprint density at radius 1 is 1.28 bits per heavy atom. The van der Waals surface area contributed by atoms with Gasteiger partial charge in [-0.05, 0) is 6.92 Å². The number of aromatic nitrogens is 4. The van der Waals surface area contributed by atoms with Crippen molar-refractivity contribution in [3.63, 3.8) is 0 Å². The summed E-state index contributed by atoms with van der Waals surface area (Å²) in [6.07, 6.45) is 6.03. The number of rotatable bonds is 4. The fraction of sp³-hybridized carbons (Fsp3) is 0.300. The van der Waals surface area contributed by atoms with Gasteiger partial charge in [0.25, 0.3) is 0 Å². The molecule has 0 unspecified atom stereocenters. The fourth-order valence-electron chi connectivity index (χ4n) is 1.25. The summed E-state index contributed by atoms with van der Waals surface area (Å²) in [5.41, 5.74) is 0.752. The molecular formula is C10H12N4O3S. The molecule has 96 valence electrons. The van der Waals surface area contributed by atoms with E-state index in [1.54, 1.807) is 24.1 Å². The van der Waals surface area contributed by atoms with Crippen LogP contribution in [0.1, 0.15) is 6.92 Å². The van der Waals surface area contributed by atoms with Gasteiger partial charge < -0.3 is 4.18 Å². The third-order valence-electron chi connectivity index (χ3n) is 2.17. The molecule has 8 heteroatoms.